The molecule has 5 rings (SSSR count). The fourth-order valence-electron chi connectivity index (χ4n) is 8.85. The second-order valence-electron chi connectivity index (χ2n) is 12.5. The van der Waals surface area contributed by atoms with Gasteiger partial charge in [0.1, 0.15) is 0 Å². The number of rotatable bonds is 3. The van der Waals surface area contributed by atoms with Crippen LogP contribution in [0.1, 0.15) is 70.2 Å². The summed E-state index contributed by atoms with van der Waals surface area (Å²) in [5.74, 6) is 0.731. The van der Waals surface area contributed by atoms with E-state index in [4.69, 9.17) is 8.58 Å². The van der Waals surface area contributed by atoms with Crippen molar-refractivity contribution in [3.63, 3.8) is 0 Å². The van der Waals surface area contributed by atoms with Gasteiger partial charge in [-0.15, -0.1) is 24.8 Å². The number of fused-ring (bicyclic) bond motifs is 3. The van der Waals surface area contributed by atoms with Gasteiger partial charge in [0.2, 0.25) is 0 Å². The average Bonchev–Trinajstić information content (AvgIpc) is 3.34. The van der Waals surface area contributed by atoms with E-state index in [9.17, 15) is 0 Å². The van der Waals surface area contributed by atoms with Crippen LogP contribution in [0.3, 0.4) is 0 Å². The van der Waals surface area contributed by atoms with E-state index in [1.54, 1.807) is 6.66 Å². The standard InChI is InChI=1S/C13H9.2C9H13.CH3.3ClH.Hf.H2Si/c1-3-7-12-10(5-1)9-11-6-2-4-8-13(11)12;2*1-6-5-7(2)9(4)8(6)3;;;;;;/h1-9H;2*6H,1-4H3;1H3;3*1H;;1H2/q;;;;;;;+1;/p-1. The molecule has 5 heteroatoms. The quantitative estimate of drug-likeness (QED) is 0.275. The Morgan fingerprint density at radius 2 is 0.946 bits per heavy atom. The van der Waals surface area contributed by atoms with Gasteiger partial charge >= 0.3 is 216 Å². The van der Waals surface area contributed by atoms with E-state index < -0.39 is 14.5 Å². The molecular formula is C32H42Cl3HfSi. The molecule has 0 aromatic heterocycles. The predicted molar refractivity (Wildman–Crippen MR) is 169 cm³/mol. The zero-order valence-corrected chi connectivity index (χ0v) is 31.1. The number of benzene rings is 2. The average molecular weight is 740 g/mol. The zero-order chi connectivity index (χ0) is 25.7. The second-order valence-corrected chi connectivity index (χ2v) is 69.7. The molecule has 2 aromatic rings. The van der Waals surface area contributed by atoms with Gasteiger partial charge in [0, 0.05) is 0 Å². The smallest absolute Gasteiger partial charge is 0.147 e. The summed E-state index contributed by atoms with van der Waals surface area (Å²) in [5, 5.41) is 0. The van der Waals surface area contributed by atoms with Crippen LogP contribution >= 0.6 is 33.4 Å². The Kier molecular flexibility index (Phi) is 7.68. The van der Waals surface area contributed by atoms with Gasteiger partial charge < -0.3 is 0 Å². The van der Waals surface area contributed by atoms with Crippen molar-refractivity contribution in [2.24, 2.45) is 11.8 Å². The fourth-order valence-corrected chi connectivity index (χ4v) is 62.0. The molecule has 199 valence electrons. The van der Waals surface area contributed by atoms with Gasteiger partial charge in [0.25, 0.3) is 0 Å². The van der Waals surface area contributed by atoms with Crippen LogP contribution in [0.25, 0.3) is 11.1 Å². The molecule has 37 heavy (non-hydrogen) atoms. The van der Waals surface area contributed by atoms with Gasteiger partial charge in [0.15, 0.2) is 0 Å². The molecule has 0 amide bonds. The van der Waals surface area contributed by atoms with Gasteiger partial charge in [-0.2, -0.15) is 0 Å². The van der Waals surface area contributed by atoms with Gasteiger partial charge in [-0.3, -0.25) is 0 Å². The minimum atomic E-state index is -5.30. The third-order valence-electron chi connectivity index (χ3n) is 10.7. The molecule has 0 bridgehead atoms. The minimum Gasteiger partial charge on any atom is -0.147 e. The molecule has 2 atom stereocenters. The van der Waals surface area contributed by atoms with E-state index in [1.807, 2.05) is 0 Å². The first-order valence-corrected chi connectivity index (χ1v) is 35.2. The Bertz CT molecular complexity index is 1450. The number of halogens is 3. The van der Waals surface area contributed by atoms with Crippen molar-refractivity contribution in [2.45, 2.75) is 63.7 Å². The van der Waals surface area contributed by atoms with E-state index in [-0.39, 0.29) is 28.5 Å². The van der Waals surface area contributed by atoms with Crippen molar-refractivity contribution < 1.29 is 14.5 Å². The second kappa shape index (κ2) is 9.20. The summed E-state index contributed by atoms with van der Waals surface area (Å²) in [4.78, 5) is 0. The maximum atomic E-state index is 9.02. The molecule has 3 aliphatic carbocycles. The summed E-state index contributed by atoms with van der Waals surface area (Å²) < 4.78 is 6.00. The normalized spacial score (nSPS) is 23.5. The first-order chi connectivity index (χ1) is 16.2. The maximum absolute atomic E-state index is 9.02. The topological polar surface area (TPSA) is 0 Å². The molecule has 0 heterocycles. The van der Waals surface area contributed by atoms with Crippen LogP contribution in [0.4, 0.5) is 0 Å². The third kappa shape index (κ3) is 3.68. The van der Waals surface area contributed by atoms with Crippen molar-refractivity contribution in [3.05, 3.63) is 99.8 Å². The molecule has 0 fully saturated rings. The molecule has 0 saturated carbocycles. The van der Waals surface area contributed by atoms with Crippen molar-refractivity contribution in [1.29, 1.82) is 0 Å². The summed E-state index contributed by atoms with van der Waals surface area (Å²) in [6, 6.07) is 18.2. The number of allylic oxidation sites excluding steroid dienone is 8. The third-order valence-corrected chi connectivity index (χ3v) is 52.1. The van der Waals surface area contributed by atoms with Gasteiger partial charge in [-0.1, -0.05) is 0 Å². The van der Waals surface area contributed by atoms with Crippen LogP contribution in [0.2, 0.25) is 4.68 Å². The Labute approximate surface area is 239 Å². The Morgan fingerprint density at radius 3 is 1.24 bits per heavy atom. The van der Waals surface area contributed by atoms with Gasteiger partial charge in [0.05, 0.1) is 0 Å². The van der Waals surface area contributed by atoms with E-state index in [0.717, 1.165) is 0 Å². The van der Waals surface area contributed by atoms with Crippen molar-refractivity contribution in [3.8, 4) is 11.1 Å². The van der Waals surface area contributed by atoms with Crippen LogP contribution in [-0.4, -0.2) is 6.94 Å². The van der Waals surface area contributed by atoms with E-state index in [1.165, 1.54) is 55.7 Å². The van der Waals surface area contributed by atoms with Crippen LogP contribution < -0.4 is 0 Å². The Balaban J connectivity index is 0.00000190. The van der Waals surface area contributed by atoms with E-state index in [2.05, 4.69) is 116 Å². The summed E-state index contributed by atoms with van der Waals surface area (Å²) in [6.07, 6.45) is 0. The van der Waals surface area contributed by atoms with Crippen molar-refractivity contribution >= 4 is 40.3 Å². The number of hydrogen-bond donors (Lipinski definition) is 0. The summed E-state index contributed by atoms with van der Waals surface area (Å²) in [5.41, 5.74) is 14.4. The van der Waals surface area contributed by atoms with Crippen LogP contribution in [0.15, 0.2) is 88.6 Å². The minimum absolute atomic E-state index is 0. The summed E-state index contributed by atoms with van der Waals surface area (Å²) >= 11 is -5.30. The molecular weight excluding hydrogens is 697 g/mol. The maximum Gasteiger partial charge on any atom is -0.147 e. The first-order valence-electron chi connectivity index (χ1n) is 13.1. The van der Waals surface area contributed by atoms with Gasteiger partial charge in [-0.25, -0.2) is 0 Å². The fraction of sp³-hybridized carbons (Fsp3) is 0.375. The van der Waals surface area contributed by atoms with Crippen LogP contribution in [-0.2, 0) is 14.5 Å². The largest absolute Gasteiger partial charge is 0.147 e. The van der Waals surface area contributed by atoms with Crippen molar-refractivity contribution in [1.82, 2.24) is 0 Å². The molecule has 2 unspecified atom stereocenters. The molecule has 2 aromatic carbocycles. The summed E-state index contributed by atoms with van der Waals surface area (Å²) in [7, 11) is 9.02. The molecule has 3 aliphatic rings. The van der Waals surface area contributed by atoms with E-state index in [0.29, 0.717) is 11.8 Å². The molecule has 0 saturated heterocycles. The molecule has 0 aliphatic heterocycles. The molecule has 0 radical (unpaired) electrons. The number of hydrogen-bond acceptors (Lipinski definition) is 0. The predicted octanol–water partition coefficient (Wildman–Crippen LogP) is 10.1. The first kappa shape index (κ1) is 30.9. The van der Waals surface area contributed by atoms with Crippen molar-refractivity contribution in [2.75, 3.05) is 0 Å². The monoisotopic (exact) mass is 739 g/mol. The summed E-state index contributed by atoms with van der Waals surface area (Å²) in [6.45, 7) is 21.2. The molecule has 0 N–H and O–H groups in total. The Morgan fingerprint density at radius 1 is 0.622 bits per heavy atom. The zero-order valence-electron chi connectivity index (χ0n) is 23.8. The molecule has 0 spiro atoms. The Hall–Kier alpha value is -0.643. The van der Waals surface area contributed by atoms with Crippen LogP contribution in [0, 0.1) is 11.8 Å². The van der Waals surface area contributed by atoms with Gasteiger partial charge in [-0.05, 0) is 0 Å². The SMILES string of the molecule is CC1=C(C)C(C)[C]([Hf]([CH3])(=[SiH2])([Cl])([C]2=C(C)C(C)=C(C)C2C)[CH]2c3ccccc3-c3ccccc32)=C1C.Cl.Cl. The molecule has 0 nitrogen and oxygen atoms in total. The van der Waals surface area contributed by atoms with E-state index >= 15 is 0 Å². The van der Waals surface area contributed by atoms with Crippen LogP contribution in [0.5, 0.6) is 0 Å².